The number of amides is 1. The average Bonchev–Trinajstić information content (AvgIpc) is 3.33. The van der Waals surface area contributed by atoms with Crippen LogP contribution in [-0.4, -0.2) is 45.6 Å². The summed E-state index contributed by atoms with van der Waals surface area (Å²) in [5.74, 6) is 0.0128. The number of hydrogen-bond acceptors (Lipinski definition) is 4. The van der Waals surface area contributed by atoms with E-state index in [9.17, 15) is 35.9 Å². The number of ether oxygens (including phenoxy) is 1. The number of benzene rings is 3. The molecule has 0 unspecified atom stereocenters. The molecule has 0 bridgehead atoms. The van der Waals surface area contributed by atoms with Gasteiger partial charge in [0.05, 0.1) is 17.5 Å². The van der Waals surface area contributed by atoms with Gasteiger partial charge in [-0.05, 0) is 73.2 Å². The van der Waals surface area contributed by atoms with Crippen LogP contribution >= 0.6 is 0 Å². The maximum Gasteiger partial charge on any atom is 0.416 e. The Hall–Kier alpha value is -4.35. The molecule has 1 amide bonds. The summed E-state index contributed by atoms with van der Waals surface area (Å²) >= 11 is 0. The summed E-state index contributed by atoms with van der Waals surface area (Å²) in [6, 6.07) is 13.8. The summed E-state index contributed by atoms with van der Waals surface area (Å²) in [7, 11) is 0. The van der Waals surface area contributed by atoms with Crippen LogP contribution in [-0.2, 0) is 12.7 Å². The molecule has 12 heteroatoms. The van der Waals surface area contributed by atoms with Crippen LogP contribution in [0, 0.1) is 12.8 Å². The quantitative estimate of drug-likeness (QED) is 0.158. The summed E-state index contributed by atoms with van der Waals surface area (Å²) in [5.41, 5.74) is 1.13. The van der Waals surface area contributed by atoms with Crippen molar-refractivity contribution >= 4 is 22.6 Å². The van der Waals surface area contributed by atoms with Crippen molar-refractivity contribution in [2.75, 3.05) is 13.1 Å². The summed E-state index contributed by atoms with van der Waals surface area (Å²) in [6.07, 6.45) is -8.83. The van der Waals surface area contributed by atoms with Gasteiger partial charge in [-0.25, -0.2) is 0 Å². The topological polar surface area (TPSA) is 64.4 Å². The standard InChI is InChI=1S/C30H25F6N3O3/c1-18-24(27(40)12-13-29(31,32)33)10-11-26-25(18)17-39(37-26)16-19-14-38(15-19)28(41)20-2-6-22(7-3-20)42-23-8-4-21(5-9-23)30(34,35)36/h2-11,17,19H,12-16H2,1H3. The van der Waals surface area contributed by atoms with Crippen molar-refractivity contribution in [1.29, 1.82) is 0 Å². The lowest BCUT2D eigenvalue weighted by Crippen LogP contribution is -2.51. The molecule has 4 aromatic rings. The van der Waals surface area contributed by atoms with Gasteiger partial charge in [-0.3, -0.25) is 14.3 Å². The fraction of sp³-hybridized carbons (Fsp3) is 0.300. The number of nitrogens with zero attached hydrogens (tertiary/aromatic N) is 3. The van der Waals surface area contributed by atoms with Crippen molar-refractivity contribution in [3.63, 3.8) is 0 Å². The minimum atomic E-state index is -4.43. The van der Waals surface area contributed by atoms with Crippen LogP contribution in [0.15, 0.2) is 66.9 Å². The number of ketones is 1. The lowest BCUT2D eigenvalue weighted by Gasteiger charge is -2.39. The van der Waals surface area contributed by atoms with Crippen molar-refractivity contribution in [2.45, 2.75) is 38.7 Å². The molecule has 0 N–H and O–H groups in total. The van der Waals surface area contributed by atoms with E-state index in [0.29, 0.717) is 47.4 Å². The van der Waals surface area contributed by atoms with Crippen LogP contribution in [0.3, 0.4) is 0 Å². The lowest BCUT2D eigenvalue weighted by molar-refractivity contribution is -0.137. The first-order valence-corrected chi connectivity index (χ1v) is 13.1. The highest BCUT2D eigenvalue weighted by Gasteiger charge is 2.32. The van der Waals surface area contributed by atoms with E-state index in [2.05, 4.69) is 5.10 Å². The van der Waals surface area contributed by atoms with Gasteiger partial charge >= 0.3 is 12.4 Å². The normalized spacial score (nSPS) is 14.2. The first-order chi connectivity index (χ1) is 19.8. The molecule has 0 saturated carbocycles. The molecule has 220 valence electrons. The Kier molecular flexibility index (Phi) is 7.74. The molecule has 42 heavy (non-hydrogen) atoms. The molecule has 1 saturated heterocycles. The molecule has 0 spiro atoms. The summed E-state index contributed by atoms with van der Waals surface area (Å²) in [4.78, 5) is 26.9. The minimum absolute atomic E-state index is 0.138. The Morgan fingerprint density at radius 2 is 1.52 bits per heavy atom. The molecule has 0 radical (unpaired) electrons. The Bertz CT molecular complexity index is 1600. The van der Waals surface area contributed by atoms with Crippen LogP contribution in [0.4, 0.5) is 26.3 Å². The molecule has 1 fully saturated rings. The molecular formula is C30H25F6N3O3. The first kappa shape index (κ1) is 29.2. The predicted molar refractivity (Wildman–Crippen MR) is 141 cm³/mol. The molecule has 2 heterocycles. The van der Waals surface area contributed by atoms with E-state index >= 15 is 0 Å². The Labute approximate surface area is 236 Å². The van der Waals surface area contributed by atoms with Crippen molar-refractivity contribution in [2.24, 2.45) is 5.92 Å². The molecule has 0 aliphatic carbocycles. The highest BCUT2D eigenvalue weighted by atomic mass is 19.4. The van der Waals surface area contributed by atoms with E-state index in [1.54, 1.807) is 53.0 Å². The number of aryl methyl sites for hydroxylation is 1. The number of halogens is 6. The molecule has 0 atom stereocenters. The van der Waals surface area contributed by atoms with Crippen molar-refractivity contribution < 1.29 is 40.7 Å². The fourth-order valence-corrected chi connectivity index (χ4v) is 4.88. The maximum atomic E-state index is 12.9. The largest absolute Gasteiger partial charge is 0.457 e. The van der Waals surface area contributed by atoms with Gasteiger partial charge in [0.2, 0.25) is 0 Å². The van der Waals surface area contributed by atoms with Crippen LogP contribution in [0.5, 0.6) is 11.5 Å². The summed E-state index contributed by atoms with van der Waals surface area (Å²) in [5, 5.41) is 5.22. The van der Waals surface area contributed by atoms with Gasteiger partial charge in [0.15, 0.2) is 5.78 Å². The zero-order valence-corrected chi connectivity index (χ0v) is 22.3. The van der Waals surface area contributed by atoms with E-state index < -0.39 is 36.5 Å². The zero-order chi connectivity index (χ0) is 30.2. The van der Waals surface area contributed by atoms with Gasteiger partial charge in [-0.15, -0.1) is 0 Å². The van der Waals surface area contributed by atoms with Crippen LogP contribution < -0.4 is 4.74 Å². The molecule has 3 aromatic carbocycles. The van der Waals surface area contributed by atoms with E-state index in [0.717, 1.165) is 12.1 Å². The number of rotatable bonds is 8. The second-order valence-electron chi connectivity index (χ2n) is 10.3. The van der Waals surface area contributed by atoms with Crippen LogP contribution in [0.1, 0.15) is 44.7 Å². The number of Topliss-reactive ketones (excluding diaryl/α,β-unsaturated/α-hetero) is 1. The second-order valence-corrected chi connectivity index (χ2v) is 10.3. The Morgan fingerprint density at radius 1 is 0.905 bits per heavy atom. The third-order valence-corrected chi connectivity index (χ3v) is 7.15. The third-order valence-electron chi connectivity index (χ3n) is 7.15. The maximum absolute atomic E-state index is 12.9. The van der Waals surface area contributed by atoms with E-state index in [-0.39, 0.29) is 23.1 Å². The molecule has 5 rings (SSSR count). The number of fused-ring (bicyclic) bond motifs is 1. The summed E-state index contributed by atoms with van der Waals surface area (Å²) < 4.78 is 83.1. The molecule has 6 nitrogen and oxygen atoms in total. The number of carbonyl (C=O) groups excluding carboxylic acids is 2. The number of alkyl halides is 6. The minimum Gasteiger partial charge on any atom is -0.457 e. The number of hydrogen-bond donors (Lipinski definition) is 0. The van der Waals surface area contributed by atoms with Gasteiger partial charge in [0, 0.05) is 54.7 Å². The number of likely N-dealkylation sites (tertiary alicyclic amines) is 1. The molecular weight excluding hydrogens is 564 g/mol. The lowest BCUT2D eigenvalue weighted by atomic mass is 9.98. The predicted octanol–water partition coefficient (Wildman–Crippen LogP) is 7.45. The second kappa shape index (κ2) is 11.1. The SMILES string of the molecule is Cc1c(C(=O)CCC(F)(F)F)ccc2nn(CC3CN(C(=O)c4ccc(Oc5ccc(C(F)(F)F)cc5)cc4)C3)cc12. The van der Waals surface area contributed by atoms with Crippen LogP contribution in [0.25, 0.3) is 10.9 Å². The first-order valence-electron chi connectivity index (χ1n) is 13.1. The molecule has 1 aromatic heterocycles. The Morgan fingerprint density at radius 3 is 2.12 bits per heavy atom. The van der Waals surface area contributed by atoms with Gasteiger partial charge in [-0.2, -0.15) is 31.4 Å². The van der Waals surface area contributed by atoms with Gasteiger partial charge in [0.1, 0.15) is 11.5 Å². The summed E-state index contributed by atoms with van der Waals surface area (Å²) in [6.45, 7) is 3.21. The van der Waals surface area contributed by atoms with E-state index in [4.69, 9.17) is 4.74 Å². The van der Waals surface area contributed by atoms with Gasteiger partial charge in [0.25, 0.3) is 5.91 Å². The monoisotopic (exact) mass is 589 g/mol. The number of aromatic nitrogens is 2. The van der Waals surface area contributed by atoms with E-state index in [1.807, 2.05) is 0 Å². The molecule has 1 aliphatic heterocycles. The van der Waals surface area contributed by atoms with E-state index in [1.165, 1.54) is 18.2 Å². The third kappa shape index (κ3) is 6.58. The zero-order valence-electron chi connectivity index (χ0n) is 22.3. The average molecular weight is 590 g/mol. The highest BCUT2D eigenvalue weighted by Crippen LogP contribution is 2.32. The van der Waals surface area contributed by atoms with Crippen molar-refractivity contribution in [3.05, 3.63) is 89.1 Å². The molecule has 1 aliphatic rings. The smallest absolute Gasteiger partial charge is 0.416 e. The van der Waals surface area contributed by atoms with Crippen LogP contribution in [0.2, 0.25) is 0 Å². The fourth-order valence-electron chi connectivity index (χ4n) is 4.88. The number of carbonyl (C=O) groups is 2. The van der Waals surface area contributed by atoms with Gasteiger partial charge < -0.3 is 9.64 Å². The van der Waals surface area contributed by atoms with Crippen molar-refractivity contribution in [3.8, 4) is 11.5 Å². The van der Waals surface area contributed by atoms with Gasteiger partial charge in [-0.1, -0.05) is 0 Å². The highest BCUT2D eigenvalue weighted by molar-refractivity contribution is 6.01. The van der Waals surface area contributed by atoms with Crippen molar-refractivity contribution in [1.82, 2.24) is 14.7 Å². The Balaban J connectivity index is 1.15.